The van der Waals surface area contributed by atoms with Gasteiger partial charge in [-0.25, -0.2) is 4.39 Å². The molecule has 0 radical (unpaired) electrons. The Morgan fingerprint density at radius 1 is 1.20 bits per heavy atom. The van der Waals surface area contributed by atoms with Crippen LogP contribution in [0.25, 0.3) is 10.9 Å². The molecule has 2 amide bonds. The molecule has 2 aromatic carbocycles. The van der Waals surface area contributed by atoms with Crippen LogP contribution in [0.4, 0.5) is 4.39 Å². The van der Waals surface area contributed by atoms with Gasteiger partial charge in [0.1, 0.15) is 12.4 Å². The molecule has 1 aliphatic heterocycles. The summed E-state index contributed by atoms with van der Waals surface area (Å²) in [7, 11) is 0. The van der Waals surface area contributed by atoms with Crippen molar-refractivity contribution in [1.29, 1.82) is 0 Å². The van der Waals surface area contributed by atoms with Crippen molar-refractivity contribution >= 4 is 22.7 Å². The summed E-state index contributed by atoms with van der Waals surface area (Å²) in [6, 6.07) is 12.3. The highest BCUT2D eigenvalue weighted by molar-refractivity contribution is 6.07. The average Bonchev–Trinajstić information content (AvgIpc) is 3.22. The van der Waals surface area contributed by atoms with Gasteiger partial charge in [-0.2, -0.15) is 5.10 Å². The lowest BCUT2D eigenvalue weighted by Gasteiger charge is -2.18. The first-order chi connectivity index (χ1) is 12.1. The van der Waals surface area contributed by atoms with E-state index in [1.54, 1.807) is 4.90 Å². The monoisotopic (exact) mass is 338 g/mol. The van der Waals surface area contributed by atoms with E-state index in [9.17, 15) is 14.0 Å². The molecule has 1 aliphatic rings. The molecule has 25 heavy (non-hydrogen) atoms. The summed E-state index contributed by atoms with van der Waals surface area (Å²) >= 11 is 0. The van der Waals surface area contributed by atoms with Crippen LogP contribution in [0.3, 0.4) is 0 Å². The Kier molecular flexibility index (Phi) is 3.68. The number of nitrogens with one attached hydrogen (secondary N) is 1. The Morgan fingerprint density at radius 2 is 2.00 bits per heavy atom. The molecular weight excluding hydrogens is 323 g/mol. The Balaban J connectivity index is 1.58. The molecule has 1 N–H and O–H groups in total. The molecule has 4 rings (SSSR count). The van der Waals surface area contributed by atoms with Crippen LogP contribution in [0.5, 0.6) is 0 Å². The predicted molar refractivity (Wildman–Crippen MR) is 88.9 cm³/mol. The van der Waals surface area contributed by atoms with E-state index in [0.29, 0.717) is 17.4 Å². The average molecular weight is 338 g/mol. The third kappa shape index (κ3) is 2.73. The van der Waals surface area contributed by atoms with Crippen molar-refractivity contribution in [2.45, 2.75) is 6.54 Å². The quantitative estimate of drug-likeness (QED) is 0.795. The van der Waals surface area contributed by atoms with Gasteiger partial charge in [0.2, 0.25) is 5.91 Å². The zero-order chi connectivity index (χ0) is 17.4. The largest absolute Gasteiger partial charge is 0.319 e. The Hall–Kier alpha value is -3.22. The number of nitrogens with zero attached hydrogens (tertiary/aromatic N) is 3. The molecule has 6 nitrogen and oxygen atoms in total. The summed E-state index contributed by atoms with van der Waals surface area (Å²) < 4.78 is 14.3. The zero-order valence-corrected chi connectivity index (χ0v) is 13.3. The van der Waals surface area contributed by atoms with Crippen molar-refractivity contribution in [2.24, 2.45) is 0 Å². The fourth-order valence-corrected chi connectivity index (χ4v) is 3.04. The fourth-order valence-electron chi connectivity index (χ4n) is 3.04. The first kappa shape index (κ1) is 15.3. The number of aromatic amines is 1. The lowest BCUT2D eigenvalue weighted by atomic mass is 10.1. The van der Waals surface area contributed by atoms with Gasteiger partial charge in [-0.15, -0.1) is 0 Å². The van der Waals surface area contributed by atoms with E-state index in [1.165, 1.54) is 23.2 Å². The molecule has 3 aromatic rings. The number of carbonyl (C=O) groups excluding carboxylic acids is 2. The lowest BCUT2D eigenvalue weighted by Crippen LogP contribution is -2.31. The number of aromatic nitrogens is 2. The van der Waals surface area contributed by atoms with Crippen LogP contribution < -0.4 is 0 Å². The molecule has 126 valence electrons. The van der Waals surface area contributed by atoms with Crippen LogP contribution >= 0.6 is 0 Å². The number of fused-ring (bicyclic) bond motifs is 1. The minimum atomic E-state index is -0.618. The number of benzene rings is 2. The number of carbonyl (C=O) groups is 2. The molecule has 0 saturated carbocycles. The first-order valence-corrected chi connectivity index (χ1v) is 7.86. The van der Waals surface area contributed by atoms with Crippen LogP contribution in [0, 0.1) is 5.82 Å². The molecule has 2 heterocycles. The van der Waals surface area contributed by atoms with Crippen LogP contribution in [-0.4, -0.2) is 45.0 Å². The summed E-state index contributed by atoms with van der Waals surface area (Å²) in [5.41, 5.74) is 1.50. The fraction of sp³-hybridized carbons (Fsp3) is 0.167. The highest BCUT2D eigenvalue weighted by atomic mass is 19.1. The summed E-state index contributed by atoms with van der Waals surface area (Å²) in [5, 5.41) is 6.99. The highest BCUT2D eigenvalue weighted by Crippen LogP contribution is 2.23. The summed E-state index contributed by atoms with van der Waals surface area (Å²) in [6.07, 6.45) is 1.42. The SMILES string of the molecule is O=C1CN(C(=O)c2c(F)ccc3[nH]ncc23)CN1Cc1ccccc1. The summed E-state index contributed by atoms with van der Waals surface area (Å²) in [5.74, 6) is -1.28. The Morgan fingerprint density at radius 3 is 2.80 bits per heavy atom. The van der Waals surface area contributed by atoms with Gasteiger partial charge in [0.15, 0.2) is 0 Å². The van der Waals surface area contributed by atoms with Gasteiger partial charge in [0.05, 0.1) is 23.9 Å². The Labute approximate surface area is 142 Å². The van der Waals surface area contributed by atoms with E-state index >= 15 is 0 Å². The van der Waals surface area contributed by atoms with Crippen molar-refractivity contribution in [1.82, 2.24) is 20.0 Å². The minimum Gasteiger partial charge on any atom is -0.319 e. The smallest absolute Gasteiger partial charge is 0.259 e. The number of rotatable bonds is 3. The van der Waals surface area contributed by atoms with E-state index in [4.69, 9.17) is 0 Å². The van der Waals surface area contributed by atoms with Crippen LogP contribution in [0.2, 0.25) is 0 Å². The number of hydrogen-bond acceptors (Lipinski definition) is 3. The second kappa shape index (κ2) is 6.01. The van der Waals surface area contributed by atoms with Crippen molar-refractivity contribution in [3.05, 3.63) is 65.6 Å². The van der Waals surface area contributed by atoms with E-state index < -0.39 is 11.7 Å². The number of hydrogen-bond donors (Lipinski definition) is 1. The topological polar surface area (TPSA) is 69.3 Å². The minimum absolute atomic E-state index is 0.0550. The third-order valence-electron chi connectivity index (χ3n) is 4.31. The van der Waals surface area contributed by atoms with Crippen molar-refractivity contribution in [2.75, 3.05) is 13.2 Å². The summed E-state index contributed by atoms with van der Waals surface area (Å²) in [6.45, 7) is 0.501. The highest BCUT2D eigenvalue weighted by Gasteiger charge is 2.33. The van der Waals surface area contributed by atoms with E-state index in [2.05, 4.69) is 10.2 Å². The van der Waals surface area contributed by atoms with Gasteiger partial charge in [-0.3, -0.25) is 14.7 Å². The third-order valence-corrected chi connectivity index (χ3v) is 4.31. The van der Waals surface area contributed by atoms with Gasteiger partial charge in [0.25, 0.3) is 5.91 Å². The number of halogens is 1. The second-order valence-electron chi connectivity index (χ2n) is 5.98. The molecule has 1 aromatic heterocycles. The molecule has 0 aliphatic carbocycles. The van der Waals surface area contributed by atoms with E-state index in [-0.39, 0.29) is 24.7 Å². The molecule has 0 atom stereocenters. The van der Waals surface area contributed by atoms with E-state index in [1.807, 2.05) is 30.3 Å². The standard InChI is InChI=1S/C18H15FN4O2/c19-14-6-7-15-13(8-20-21-15)17(14)18(25)23-10-16(24)22(11-23)9-12-4-2-1-3-5-12/h1-8H,9-11H2,(H,20,21). The number of amides is 2. The molecule has 1 fully saturated rings. The molecule has 7 heteroatoms. The van der Waals surface area contributed by atoms with Gasteiger partial charge in [0, 0.05) is 11.9 Å². The van der Waals surface area contributed by atoms with Gasteiger partial charge in [-0.05, 0) is 17.7 Å². The lowest BCUT2D eigenvalue weighted by molar-refractivity contribution is -0.127. The summed E-state index contributed by atoms with van der Waals surface area (Å²) in [4.78, 5) is 28.0. The first-order valence-electron chi connectivity index (χ1n) is 7.86. The van der Waals surface area contributed by atoms with Crippen molar-refractivity contribution in [3.8, 4) is 0 Å². The molecule has 0 bridgehead atoms. The molecular formula is C18H15FN4O2. The van der Waals surface area contributed by atoms with Crippen molar-refractivity contribution in [3.63, 3.8) is 0 Å². The van der Waals surface area contributed by atoms with Gasteiger partial charge < -0.3 is 9.80 Å². The maximum atomic E-state index is 14.3. The van der Waals surface area contributed by atoms with Gasteiger partial charge >= 0.3 is 0 Å². The van der Waals surface area contributed by atoms with E-state index in [0.717, 1.165) is 5.56 Å². The Bertz CT molecular complexity index is 954. The molecule has 0 spiro atoms. The van der Waals surface area contributed by atoms with Crippen molar-refractivity contribution < 1.29 is 14.0 Å². The number of H-pyrrole nitrogens is 1. The zero-order valence-electron chi connectivity index (χ0n) is 13.3. The maximum absolute atomic E-state index is 14.3. The second-order valence-corrected chi connectivity index (χ2v) is 5.98. The normalized spacial score (nSPS) is 14.5. The molecule has 0 unspecified atom stereocenters. The molecule has 1 saturated heterocycles. The predicted octanol–water partition coefficient (Wildman–Crippen LogP) is 2.14. The van der Waals surface area contributed by atoms with Crippen LogP contribution in [-0.2, 0) is 11.3 Å². The van der Waals surface area contributed by atoms with Crippen LogP contribution in [0.15, 0.2) is 48.7 Å². The maximum Gasteiger partial charge on any atom is 0.259 e. The van der Waals surface area contributed by atoms with Gasteiger partial charge in [-0.1, -0.05) is 30.3 Å². The van der Waals surface area contributed by atoms with Crippen LogP contribution in [0.1, 0.15) is 15.9 Å².